The summed E-state index contributed by atoms with van der Waals surface area (Å²) in [6, 6.07) is 11.4. The molecule has 1 saturated heterocycles. The number of amides is 1. The predicted octanol–water partition coefficient (Wildman–Crippen LogP) is 5.75. The van der Waals surface area contributed by atoms with Crippen molar-refractivity contribution in [3.05, 3.63) is 52.0 Å². The number of halogens is 2. The van der Waals surface area contributed by atoms with E-state index in [2.05, 4.69) is 11.9 Å². The molecular weight excluding hydrogens is 383 g/mol. The molecule has 0 saturated carbocycles. The quantitative estimate of drug-likeness (QED) is 0.560. The minimum Gasteiger partial charge on any atom is -0.435 e. The molecule has 140 valence electrons. The summed E-state index contributed by atoms with van der Waals surface area (Å²) in [6.45, 7) is 3.00. The first-order valence-electron chi connectivity index (χ1n) is 9.15. The van der Waals surface area contributed by atoms with E-state index in [1.54, 1.807) is 12.1 Å². The van der Waals surface area contributed by atoms with E-state index in [1.165, 1.54) is 6.42 Å². The third-order valence-corrected chi connectivity index (χ3v) is 5.59. The molecule has 3 aromatic rings. The lowest BCUT2D eigenvalue weighted by molar-refractivity contribution is -0.133. The Hall–Kier alpha value is -2.04. The Morgan fingerprint density at radius 3 is 2.74 bits per heavy atom. The van der Waals surface area contributed by atoms with E-state index in [0.29, 0.717) is 39.5 Å². The number of nitrogens with zero attached hydrogens (tertiary/aromatic N) is 2. The zero-order valence-electron chi connectivity index (χ0n) is 15.0. The molecule has 0 aliphatic carbocycles. The SMILES string of the molecule is C[C@H]1CCCCN1C(=O)Cc1ccc(-c2nc3cc(Cl)cc(Cl)c3o2)cc1. The van der Waals surface area contributed by atoms with Gasteiger partial charge in [0.25, 0.3) is 0 Å². The normalized spacial score (nSPS) is 17.4. The molecule has 2 heterocycles. The minimum atomic E-state index is 0.193. The van der Waals surface area contributed by atoms with E-state index >= 15 is 0 Å². The van der Waals surface area contributed by atoms with Crippen LogP contribution in [0.3, 0.4) is 0 Å². The van der Waals surface area contributed by atoms with Crippen molar-refractivity contribution in [1.82, 2.24) is 9.88 Å². The van der Waals surface area contributed by atoms with E-state index < -0.39 is 0 Å². The van der Waals surface area contributed by atoms with Gasteiger partial charge in [-0.05, 0) is 56.0 Å². The van der Waals surface area contributed by atoms with E-state index in [9.17, 15) is 4.79 Å². The zero-order chi connectivity index (χ0) is 19.0. The second-order valence-electron chi connectivity index (χ2n) is 7.06. The number of rotatable bonds is 3. The third kappa shape index (κ3) is 3.83. The first-order valence-corrected chi connectivity index (χ1v) is 9.91. The maximum Gasteiger partial charge on any atom is 0.227 e. The van der Waals surface area contributed by atoms with Gasteiger partial charge in [-0.2, -0.15) is 0 Å². The lowest BCUT2D eigenvalue weighted by atomic mass is 10.0. The highest BCUT2D eigenvalue weighted by atomic mass is 35.5. The number of carbonyl (C=O) groups excluding carboxylic acids is 1. The van der Waals surface area contributed by atoms with Crippen LogP contribution in [0.4, 0.5) is 0 Å². The molecule has 0 bridgehead atoms. The largest absolute Gasteiger partial charge is 0.435 e. The van der Waals surface area contributed by atoms with Gasteiger partial charge in [-0.1, -0.05) is 35.3 Å². The molecule has 4 rings (SSSR count). The fraction of sp³-hybridized carbons (Fsp3) is 0.333. The van der Waals surface area contributed by atoms with Crippen LogP contribution in [0.1, 0.15) is 31.7 Å². The van der Waals surface area contributed by atoms with Crippen molar-refractivity contribution in [2.45, 2.75) is 38.6 Å². The summed E-state index contributed by atoms with van der Waals surface area (Å²) < 4.78 is 5.79. The molecule has 27 heavy (non-hydrogen) atoms. The predicted molar refractivity (Wildman–Crippen MR) is 108 cm³/mol. The van der Waals surface area contributed by atoms with Crippen LogP contribution in [0.15, 0.2) is 40.8 Å². The summed E-state index contributed by atoms with van der Waals surface area (Å²) in [6.07, 6.45) is 3.81. The van der Waals surface area contributed by atoms with Crippen molar-refractivity contribution >= 4 is 40.2 Å². The summed E-state index contributed by atoms with van der Waals surface area (Å²) in [5.74, 6) is 0.676. The molecule has 0 unspecified atom stereocenters. The molecular formula is C21H20Cl2N2O2. The Morgan fingerprint density at radius 2 is 2.00 bits per heavy atom. The average Bonchev–Trinajstić information content (AvgIpc) is 3.07. The van der Waals surface area contributed by atoms with Gasteiger partial charge in [0.1, 0.15) is 5.52 Å². The van der Waals surface area contributed by atoms with Crippen LogP contribution in [-0.2, 0) is 11.2 Å². The summed E-state index contributed by atoms with van der Waals surface area (Å²) >= 11 is 12.2. The summed E-state index contributed by atoms with van der Waals surface area (Å²) in [5.41, 5.74) is 2.97. The number of hydrogen-bond acceptors (Lipinski definition) is 3. The molecule has 1 amide bonds. The van der Waals surface area contributed by atoms with Crippen LogP contribution in [0.5, 0.6) is 0 Å². The Bertz CT molecular complexity index is 982. The van der Waals surface area contributed by atoms with E-state index in [0.717, 1.165) is 30.5 Å². The maximum atomic E-state index is 12.6. The van der Waals surface area contributed by atoms with Crippen molar-refractivity contribution in [3.63, 3.8) is 0 Å². The zero-order valence-corrected chi connectivity index (χ0v) is 16.6. The fourth-order valence-corrected chi connectivity index (χ4v) is 4.11. The number of likely N-dealkylation sites (tertiary alicyclic amines) is 1. The number of fused-ring (bicyclic) bond motifs is 1. The topological polar surface area (TPSA) is 46.3 Å². The molecule has 0 radical (unpaired) electrons. The Kier molecular flexibility index (Phi) is 5.11. The highest BCUT2D eigenvalue weighted by molar-refractivity contribution is 6.38. The molecule has 1 aromatic heterocycles. The molecule has 6 heteroatoms. The van der Waals surface area contributed by atoms with Crippen LogP contribution in [0.2, 0.25) is 10.0 Å². The van der Waals surface area contributed by atoms with E-state index in [-0.39, 0.29) is 5.91 Å². The first-order chi connectivity index (χ1) is 13.0. The Morgan fingerprint density at radius 1 is 1.22 bits per heavy atom. The molecule has 1 fully saturated rings. The molecule has 1 aliphatic heterocycles. The summed E-state index contributed by atoms with van der Waals surface area (Å²) in [5, 5.41) is 0.960. The second-order valence-corrected chi connectivity index (χ2v) is 7.90. The van der Waals surface area contributed by atoms with Crippen LogP contribution >= 0.6 is 23.2 Å². The van der Waals surface area contributed by atoms with Gasteiger partial charge in [-0.25, -0.2) is 4.98 Å². The Labute approximate surface area is 168 Å². The number of aromatic nitrogens is 1. The summed E-state index contributed by atoms with van der Waals surface area (Å²) in [7, 11) is 0. The van der Waals surface area contributed by atoms with Gasteiger partial charge in [0.2, 0.25) is 11.8 Å². The van der Waals surface area contributed by atoms with Crippen LogP contribution in [0.25, 0.3) is 22.6 Å². The van der Waals surface area contributed by atoms with Gasteiger partial charge in [0.05, 0.1) is 11.4 Å². The summed E-state index contributed by atoms with van der Waals surface area (Å²) in [4.78, 5) is 19.1. The number of oxazole rings is 1. The highest BCUT2D eigenvalue weighted by Crippen LogP contribution is 2.32. The number of benzene rings is 2. The number of hydrogen-bond donors (Lipinski definition) is 0. The van der Waals surface area contributed by atoms with Gasteiger partial charge < -0.3 is 9.32 Å². The van der Waals surface area contributed by atoms with Crippen molar-refractivity contribution in [2.24, 2.45) is 0 Å². The number of piperidine rings is 1. The van der Waals surface area contributed by atoms with Gasteiger partial charge in [-0.15, -0.1) is 0 Å². The molecule has 2 aromatic carbocycles. The molecule has 0 N–H and O–H groups in total. The Balaban J connectivity index is 1.52. The first kappa shape index (κ1) is 18.3. The standard InChI is InChI=1S/C21H20Cl2N2O2/c1-13-4-2-3-9-25(13)19(26)10-14-5-7-15(8-6-14)21-24-18-12-16(22)11-17(23)20(18)27-21/h5-8,11-13H,2-4,9-10H2,1H3/t13-/m0/s1. The van der Waals surface area contributed by atoms with Crippen LogP contribution in [0, 0.1) is 0 Å². The van der Waals surface area contributed by atoms with E-state index in [1.807, 2.05) is 29.2 Å². The van der Waals surface area contributed by atoms with Crippen LogP contribution in [-0.4, -0.2) is 28.4 Å². The van der Waals surface area contributed by atoms with Gasteiger partial charge in [0.15, 0.2) is 5.58 Å². The fourth-order valence-electron chi connectivity index (χ4n) is 3.59. The monoisotopic (exact) mass is 402 g/mol. The lowest BCUT2D eigenvalue weighted by Gasteiger charge is -2.33. The van der Waals surface area contributed by atoms with Gasteiger partial charge >= 0.3 is 0 Å². The smallest absolute Gasteiger partial charge is 0.227 e. The molecule has 1 aliphatic rings. The van der Waals surface area contributed by atoms with Crippen molar-refractivity contribution in [1.29, 1.82) is 0 Å². The second kappa shape index (κ2) is 7.53. The number of carbonyl (C=O) groups is 1. The minimum absolute atomic E-state index is 0.193. The van der Waals surface area contributed by atoms with Gasteiger partial charge in [0, 0.05) is 23.2 Å². The molecule has 1 atom stereocenters. The van der Waals surface area contributed by atoms with Crippen molar-refractivity contribution < 1.29 is 9.21 Å². The molecule has 4 nitrogen and oxygen atoms in total. The van der Waals surface area contributed by atoms with Gasteiger partial charge in [-0.3, -0.25) is 4.79 Å². The van der Waals surface area contributed by atoms with E-state index in [4.69, 9.17) is 27.6 Å². The lowest BCUT2D eigenvalue weighted by Crippen LogP contribution is -2.42. The molecule has 0 spiro atoms. The third-order valence-electron chi connectivity index (χ3n) is 5.09. The average molecular weight is 403 g/mol. The van der Waals surface area contributed by atoms with Crippen LogP contribution < -0.4 is 0 Å². The maximum absolute atomic E-state index is 12.6. The highest BCUT2D eigenvalue weighted by Gasteiger charge is 2.23. The van der Waals surface area contributed by atoms with Crippen molar-refractivity contribution in [2.75, 3.05) is 6.54 Å². The van der Waals surface area contributed by atoms with Crippen molar-refractivity contribution in [3.8, 4) is 11.5 Å².